The lowest BCUT2D eigenvalue weighted by molar-refractivity contribution is 0.243. The van der Waals surface area contributed by atoms with Crippen LogP contribution in [-0.4, -0.2) is 32.7 Å². The van der Waals surface area contributed by atoms with Gasteiger partial charge in [0.2, 0.25) is 0 Å². The van der Waals surface area contributed by atoms with Crippen LogP contribution in [-0.2, 0) is 6.42 Å². The molecule has 3 heterocycles. The van der Waals surface area contributed by atoms with Crippen LogP contribution in [0.2, 0.25) is 0 Å². The van der Waals surface area contributed by atoms with Crippen molar-refractivity contribution in [2.75, 3.05) is 37.6 Å². The molecule has 0 saturated carbocycles. The van der Waals surface area contributed by atoms with E-state index in [4.69, 9.17) is 0 Å². The summed E-state index contributed by atoms with van der Waals surface area (Å²) in [6.45, 7) is 6.19. The molecule has 0 aliphatic carbocycles. The Labute approximate surface area is 120 Å². The molecule has 1 saturated heterocycles. The number of piperazine rings is 1. The second-order valence-electron chi connectivity index (χ2n) is 6.03. The van der Waals surface area contributed by atoms with E-state index in [0.29, 0.717) is 0 Å². The van der Waals surface area contributed by atoms with Crippen molar-refractivity contribution < 1.29 is 0 Å². The summed E-state index contributed by atoms with van der Waals surface area (Å²) in [5, 5.41) is 0. The zero-order chi connectivity index (χ0) is 13.4. The van der Waals surface area contributed by atoms with Crippen LogP contribution < -0.4 is 9.38 Å². The quantitative estimate of drug-likeness (QED) is 0.771. The highest BCUT2D eigenvalue weighted by Gasteiger charge is 2.42. The molecule has 0 radical (unpaired) electrons. The number of hydrogen-bond donors (Lipinski definition) is 0. The Hall–Kier alpha value is -1.80. The Morgan fingerprint density at radius 2 is 1.55 bits per heavy atom. The highest BCUT2D eigenvalue weighted by Crippen LogP contribution is 2.41. The summed E-state index contributed by atoms with van der Waals surface area (Å²) in [4.78, 5) is 2.55. The Balaban J connectivity index is 1.64. The Bertz CT molecular complexity index is 598. The summed E-state index contributed by atoms with van der Waals surface area (Å²) < 4.78 is 1.18. The maximum atomic E-state index is 2.55. The molecule has 2 aromatic carbocycles. The summed E-state index contributed by atoms with van der Waals surface area (Å²) in [6.07, 6.45) is 1.18. The van der Waals surface area contributed by atoms with E-state index in [-0.39, 0.29) is 0 Å². The van der Waals surface area contributed by atoms with Gasteiger partial charge >= 0.3 is 0 Å². The second kappa shape index (κ2) is 4.64. The number of nitrogens with zero attached hydrogens (tertiary/aromatic N) is 2. The zero-order valence-corrected chi connectivity index (χ0v) is 11.8. The molecular weight excluding hydrogens is 244 g/mol. The molecule has 0 atom stereocenters. The van der Waals surface area contributed by atoms with Gasteiger partial charge in [0.25, 0.3) is 0 Å². The summed E-state index contributed by atoms with van der Waals surface area (Å²) in [7, 11) is 0. The molecule has 1 fully saturated rings. The molecule has 0 amide bonds. The minimum absolute atomic E-state index is 1.18. The molecule has 0 N–H and O–H groups in total. The third-order valence-corrected chi connectivity index (χ3v) is 5.00. The topological polar surface area (TPSA) is 3.24 Å². The summed E-state index contributed by atoms with van der Waals surface area (Å²) in [5.74, 6) is 0. The monoisotopic (exact) mass is 265 g/mol. The van der Waals surface area contributed by atoms with Gasteiger partial charge in [0.1, 0.15) is 13.1 Å². The van der Waals surface area contributed by atoms with Gasteiger partial charge in [0.05, 0.1) is 25.3 Å². The highest BCUT2D eigenvalue weighted by molar-refractivity contribution is 5.73. The fraction of sp³-hybridized carbons (Fsp3) is 0.333. The molecule has 2 bridgehead atoms. The number of fused-ring (bicyclic) bond motifs is 2. The first kappa shape index (κ1) is 12.0. The average molecular weight is 265 g/mol. The molecule has 2 aromatic rings. The zero-order valence-electron chi connectivity index (χ0n) is 11.8. The molecule has 2 heteroatoms. The van der Waals surface area contributed by atoms with Gasteiger partial charge in [0.15, 0.2) is 5.69 Å². The fourth-order valence-electron chi connectivity index (χ4n) is 3.79. The standard InChI is InChI=1S/C18H21N2/c1-2-6-16(7-3-1)10-13-20-14-11-19(12-15-20)17-8-4-5-9-18(17)20/h1-9H,10-15H2/q+1. The lowest BCUT2D eigenvalue weighted by atomic mass is 10.0. The Kier molecular flexibility index (Phi) is 2.78. The van der Waals surface area contributed by atoms with Crippen LogP contribution >= 0.6 is 0 Å². The smallest absolute Gasteiger partial charge is 0.156 e. The number of hydrogen-bond acceptors (Lipinski definition) is 1. The highest BCUT2D eigenvalue weighted by atomic mass is 15.5. The van der Waals surface area contributed by atoms with Crippen molar-refractivity contribution in [3.8, 4) is 0 Å². The van der Waals surface area contributed by atoms with Gasteiger partial charge in [0, 0.05) is 12.5 Å². The maximum absolute atomic E-state index is 2.55. The molecular formula is C18H21N2+. The van der Waals surface area contributed by atoms with Crippen LogP contribution in [0.4, 0.5) is 11.4 Å². The maximum Gasteiger partial charge on any atom is 0.156 e. The molecule has 0 unspecified atom stereocenters. The normalized spacial score (nSPS) is 18.9. The number of anilines is 1. The van der Waals surface area contributed by atoms with Gasteiger partial charge in [-0.1, -0.05) is 42.5 Å². The van der Waals surface area contributed by atoms with Crippen molar-refractivity contribution in [3.05, 3.63) is 60.2 Å². The van der Waals surface area contributed by atoms with Crippen molar-refractivity contribution in [2.24, 2.45) is 0 Å². The lowest BCUT2D eigenvalue weighted by Gasteiger charge is -2.51. The average Bonchev–Trinajstić information content (AvgIpc) is 2.55. The van der Waals surface area contributed by atoms with Crippen LogP contribution in [0.25, 0.3) is 0 Å². The number of rotatable bonds is 3. The molecule has 0 aromatic heterocycles. The second-order valence-corrected chi connectivity index (χ2v) is 6.03. The molecule has 3 aliphatic heterocycles. The van der Waals surface area contributed by atoms with E-state index in [9.17, 15) is 0 Å². The lowest BCUT2D eigenvalue weighted by Crippen LogP contribution is -2.65. The summed E-state index contributed by atoms with van der Waals surface area (Å²) in [6, 6.07) is 19.9. The predicted molar refractivity (Wildman–Crippen MR) is 85.2 cm³/mol. The van der Waals surface area contributed by atoms with E-state index in [1.807, 2.05) is 0 Å². The summed E-state index contributed by atoms with van der Waals surface area (Å²) >= 11 is 0. The minimum atomic E-state index is 1.18. The van der Waals surface area contributed by atoms with Crippen molar-refractivity contribution in [3.63, 3.8) is 0 Å². The third kappa shape index (κ3) is 1.83. The van der Waals surface area contributed by atoms with Gasteiger partial charge < -0.3 is 4.90 Å². The summed E-state index contributed by atoms with van der Waals surface area (Å²) in [5.41, 5.74) is 4.48. The van der Waals surface area contributed by atoms with E-state index in [2.05, 4.69) is 59.5 Å². The van der Waals surface area contributed by atoms with E-state index >= 15 is 0 Å². The molecule has 5 rings (SSSR count). The largest absolute Gasteiger partial charge is 0.355 e. The van der Waals surface area contributed by atoms with Gasteiger partial charge in [-0.05, 0) is 11.6 Å². The molecule has 2 nitrogen and oxygen atoms in total. The Morgan fingerprint density at radius 1 is 0.850 bits per heavy atom. The third-order valence-electron chi connectivity index (χ3n) is 5.00. The molecule has 0 spiro atoms. The molecule has 20 heavy (non-hydrogen) atoms. The van der Waals surface area contributed by atoms with Crippen molar-refractivity contribution in [1.29, 1.82) is 0 Å². The van der Waals surface area contributed by atoms with E-state index < -0.39 is 0 Å². The van der Waals surface area contributed by atoms with Crippen molar-refractivity contribution in [2.45, 2.75) is 6.42 Å². The number of benzene rings is 2. The van der Waals surface area contributed by atoms with Crippen molar-refractivity contribution >= 4 is 11.4 Å². The first-order valence-electron chi connectivity index (χ1n) is 7.62. The first-order valence-corrected chi connectivity index (χ1v) is 7.62. The SMILES string of the molecule is c1ccc(CC[N+]23CCN(CC2)c2ccccc23)cc1. The number of quaternary nitrogens is 1. The van der Waals surface area contributed by atoms with Crippen molar-refractivity contribution in [1.82, 2.24) is 4.48 Å². The van der Waals surface area contributed by atoms with Crippen LogP contribution in [0, 0.1) is 0 Å². The Morgan fingerprint density at radius 3 is 2.35 bits per heavy atom. The van der Waals surface area contributed by atoms with E-state index in [1.54, 1.807) is 5.69 Å². The van der Waals surface area contributed by atoms with Gasteiger partial charge in [-0.15, -0.1) is 0 Å². The first-order chi connectivity index (χ1) is 9.87. The van der Waals surface area contributed by atoms with Crippen LogP contribution in [0.15, 0.2) is 54.6 Å². The number of para-hydroxylation sites is 2. The van der Waals surface area contributed by atoms with Gasteiger partial charge in [-0.25, -0.2) is 0 Å². The van der Waals surface area contributed by atoms with Crippen LogP contribution in [0.5, 0.6) is 0 Å². The fourth-order valence-corrected chi connectivity index (χ4v) is 3.79. The van der Waals surface area contributed by atoms with Crippen LogP contribution in [0.1, 0.15) is 5.56 Å². The van der Waals surface area contributed by atoms with Gasteiger partial charge in [-0.2, -0.15) is 0 Å². The van der Waals surface area contributed by atoms with E-state index in [1.165, 1.54) is 54.9 Å². The molecule has 3 aliphatic rings. The predicted octanol–water partition coefficient (Wildman–Crippen LogP) is 3.07. The van der Waals surface area contributed by atoms with Gasteiger partial charge in [-0.3, -0.25) is 4.48 Å². The molecule has 102 valence electrons. The van der Waals surface area contributed by atoms with E-state index in [0.717, 1.165) is 0 Å². The minimum Gasteiger partial charge on any atom is -0.355 e. The van der Waals surface area contributed by atoms with Crippen LogP contribution in [0.3, 0.4) is 0 Å².